The van der Waals surface area contributed by atoms with E-state index in [-0.39, 0.29) is 17.6 Å². The Morgan fingerprint density at radius 1 is 1.26 bits per heavy atom. The molecule has 9 nitrogen and oxygen atoms in total. The summed E-state index contributed by atoms with van der Waals surface area (Å²) in [4.78, 5) is 29.1. The molecule has 0 saturated carbocycles. The highest BCUT2D eigenvalue weighted by atomic mass is 16.2. The normalized spacial score (nSPS) is 15.6. The number of hydrogen-bond donors (Lipinski definition) is 3. The van der Waals surface area contributed by atoms with Gasteiger partial charge >= 0.3 is 0 Å². The molecule has 1 atom stereocenters. The van der Waals surface area contributed by atoms with Crippen LogP contribution in [0.2, 0.25) is 0 Å². The molecule has 2 amide bonds. The number of amides is 2. The fraction of sp³-hybridized carbons (Fsp3) is 0.182. The van der Waals surface area contributed by atoms with Gasteiger partial charge in [-0.3, -0.25) is 14.3 Å². The van der Waals surface area contributed by atoms with Crippen LogP contribution in [0.3, 0.4) is 0 Å². The van der Waals surface area contributed by atoms with Crippen LogP contribution in [0.5, 0.6) is 0 Å². The fourth-order valence-electron chi connectivity index (χ4n) is 4.00. The van der Waals surface area contributed by atoms with Crippen molar-refractivity contribution in [3.05, 3.63) is 65.7 Å². The van der Waals surface area contributed by atoms with Crippen molar-refractivity contribution in [2.24, 2.45) is 5.73 Å². The van der Waals surface area contributed by atoms with E-state index in [0.29, 0.717) is 35.7 Å². The summed E-state index contributed by atoms with van der Waals surface area (Å²) in [6.07, 6.45) is 3.52. The van der Waals surface area contributed by atoms with Gasteiger partial charge in [-0.1, -0.05) is 12.1 Å². The van der Waals surface area contributed by atoms with E-state index >= 15 is 0 Å². The molecule has 5 N–H and O–H groups in total. The highest BCUT2D eigenvalue weighted by molar-refractivity contribution is 6.04. The second-order valence-corrected chi connectivity index (χ2v) is 7.79. The van der Waals surface area contributed by atoms with Crippen molar-refractivity contribution >= 4 is 28.5 Å². The summed E-state index contributed by atoms with van der Waals surface area (Å²) in [6.45, 7) is 3.05. The summed E-state index contributed by atoms with van der Waals surface area (Å²) in [5, 5.41) is 8.05. The van der Waals surface area contributed by atoms with Crippen LogP contribution in [0.1, 0.15) is 39.5 Å². The monoisotopic (exact) mass is 415 g/mol. The van der Waals surface area contributed by atoms with E-state index < -0.39 is 5.91 Å². The van der Waals surface area contributed by atoms with Gasteiger partial charge in [-0.05, 0) is 36.8 Å². The summed E-state index contributed by atoms with van der Waals surface area (Å²) >= 11 is 0. The number of pyridine rings is 1. The first-order chi connectivity index (χ1) is 14.9. The highest BCUT2D eigenvalue weighted by Gasteiger charge is 2.27. The van der Waals surface area contributed by atoms with E-state index in [4.69, 9.17) is 11.5 Å². The van der Waals surface area contributed by atoms with Gasteiger partial charge in [-0.15, -0.1) is 0 Å². The van der Waals surface area contributed by atoms with Crippen molar-refractivity contribution in [2.45, 2.75) is 19.5 Å². The smallest absolute Gasteiger partial charge is 0.268 e. The van der Waals surface area contributed by atoms with E-state index in [1.807, 2.05) is 48.0 Å². The van der Waals surface area contributed by atoms with Crippen molar-refractivity contribution < 1.29 is 9.59 Å². The molecule has 0 aliphatic carbocycles. The number of benzene rings is 1. The zero-order valence-corrected chi connectivity index (χ0v) is 16.9. The second kappa shape index (κ2) is 6.98. The van der Waals surface area contributed by atoms with Gasteiger partial charge in [0.15, 0.2) is 0 Å². The van der Waals surface area contributed by atoms with Crippen LogP contribution in [0.4, 0.5) is 5.69 Å². The minimum atomic E-state index is -0.633. The average molecular weight is 415 g/mol. The number of nitrogens with zero attached hydrogens (tertiary/aromatic N) is 4. The van der Waals surface area contributed by atoms with Crippen molar-refractivity contribution in [2.75, 3.05) is 12.3 Å². The van der Waals surface area contributed by atoms with Gasteiger partial charge in [-0.25, -0.2) is 4.98 Å². The Balaban J connectivity index is 1.59. The van der Waals surface area contributed by atoms with Crippen LogP contribution in [0.15, 0.2) is 48.8 Å². The maximum atomic E-state index is 12.3. The van der Waals surface area contributed by atoms with Crippen molar-refractivity contribution in [3.63, 3.8) is 0 Å². The number of nitrogen functional groups attached to an aromatic ring is 1. The SMILES string of the molecule is CC1CNC(=O)c2cc3cc(-c4cnn(Cc5ccc(N)cc5)c4)c(C(N)=O)nc3n21. The summed E-state index contributed by atoms with van der Waals surface area (Å²) in [5.74, 6) is -0.791. The number of primary amides is 1. The van der Waals surface area contributed by atoms with Gasteiger partial charge < -0.3 is 21.4 Å². The predicted molar refractivity (Wildman–Crippen MR) is 116 cm³/mol. The van der Waals surface area contributed by atoms with Crippen molar-refractivity contribution in [3.8, 4) is 11.1 Å². The zero-order valence-electron chi connectivity index (χ0n) is 16.9. The standard InChI is InChI=1S/C22H21N7O2/c1-12-8-25-22(31)18-7-14-6-17(19(20(24)30)27-21(14)29(12)18)15-9-26-28(11-15)10-13-2-4-16(23)5-3-13/h2-7,9,11-12H,8,10,23H2,1H3,(H2,24,30)(H,25,31). The molecule has 4 heterocycles. The summed E-state index contributed by atoms with van der Waals surface area (Å²) < 4.78 is 3.63. The average Bonchev–Trinajstić information content (AvgIpc) is 3.36. The Morgan fingerprint density at radius 3 is 2.77 bits per heavy atom. The van der Waals surface area contributed by atoms with Crippen molar-refractivity contribution in [1.82, 2.24) is 24.6 Å². The van der Waals surface area contributed by atoms with Crippen LogP contribution < -0.4 is 16.8 Å². The first-order valence-corrected chi connectivity index (χ1v) is 9.92. The van der Waals surface area contributed by atoms with E-state index in [1.165, 1.54) is 0 Å². The lowest BCUT2D eigenvalue weighted by Gasteiger charge is -2.23. The van der Waals surface area contributed by atoms with Crippen LogP contribution >= 0.6 is 0 Å². The molecule has 1 aliphatic heterocycles. The van der Waals surface area contributed by atoms with Gasteiger partial charge in [-0.2, -0.15) is 5.10 Å². The Bertz CT molecular complexity index is 1330. The molecular formula is C22H21N7O2. The maximum Gasteiger partial charge on any atom is 0.268 e. The number of fused-ring (bicyclic) bond motifs is 3. The minimum absolute atomic E-state index is 0.0203. The molecule has 1 unspecified atom stereocenters. The van der Waals surface area contributed by atoms with Gasteiger partial charge in [0.1, 0.15) is 17.0 Å². The van der Waals surface area contributed by atoms with Gasteiger partial charge in [0.2, 0.25) is 0 Å². The quantitative estimate of drug-likeness (QED) is 0.438. The molecule has 0 radical (unpaired) electrons. The number of anilines is 1. The van der Waals surface area contributed by atoms with Crippen LogP contribution in [0, 0.1) is 0 Å². The lowest BCUT2D eigenvalue weighted by molar-refractivity contribution is 0.0918. The van der Waals surface area contributed by atoms with E-state index in [0.717, 1.165) is 16.5 Å². The van der Waals surface area contributed by atoms with Crippen LogP contribution in [-0.2, 0) is 6.54 Å². The number of hydrogen-bond acceptors (Lipinski definition) is 5. The molecule has 9 heteroatoms. The number of carbonyl (C=O) groups excluding carboxylic acids is 2. The van der Waals surface area contributed by atoms with Gasteiger partial charge in [0.25, 0.3) is 11.8 Å². The maximum absolute atomic E-state index is 12.3. The third-order valence-electron chi connectivity index (χ3n) is 5.54. The highest BCUT2D eigenvalue weighted by Crippen LogP contribution is 2.31. The number of carbonyl (C=O) groups is 2. The first-order valence-electron chi connectivity index (χ1n) is 9.92. The second-order valence-electron chi connectivity index (χ2n) is 7.79. The zero-order chi connectivity index (χ0) is 21.7. The van der Waals surface area contributed by atoms with Gasteiger partial charge in [0.05, 0.1) is 18.8 Å². The van der Waals surface area contributed by atoms with E-state index in [1.54, 1.807) is 16.9 Å². The lowest BCUT2D eigenvalue weighted by Crippen LogP contribution is -2.37. The third-order valence-corrected chi connectivity index (χ3v) is 5.54. The molecule has 156 valence electrons. The summed E-state index contributed by atoms with van der Waals surface area (Å²) in [7, 11) is 0. The molecule has 5 rings (SSSR count). The number of rotatable bonds is 4. The minimum Gasteiger partial charge on any atom is -0.399 e. The number of nitrogens with one attached hydrogen (secondary N) is 1. The molecular weight excluding hydrogens is 394 g/mol. The van der Waals surface area contributed by atoms with E-state index in [9.17, 15) is 9.59 Å². The molecule has 4 aromatic rings. The van der Waals surface area contributed by atoms with Crippen LogP contribution in [-0.4, -0.2) is 37.7 Å². The molecule has 0 bridgehead atoms. The molecule has 1 aliphatic rings. The fourth-order valence-corrected chi connectivity index (χ4v) is 4.00. The molecule has 1 aromatic carbocycles. The molecule has 0 saturated heterocycles. The Labute approximate surface area is 177 Å². The molecule has 3 aromatic heterocycles. The molecule has 31 heavy (non-hydrogen) atoms. The topological polar surface area (TPSA) is 134 Å². The summed E-state index contributed by atoms with van der Waals surface area (Å²) in [5.41, 5.74) is 15.7. The summed E-state index contributed by atoms with van der Waals surface area (Å²) in [6, 6.07) is 11.2. The third kappa shape index (κ3) is 3.20. The molecule has 0 spiro atoms. The first kappa shape index (κ1) is 18.9. The van der Waals surface area contributed by atoms with Crippen molar-refractivity contribution in [1.29, 1.82) is 0 Å². The Morgan fingerprint density at radius 2 is 2.03 bits per heavy atom. The largest absolute Gasteiger partial charge is 0.399 e. The van der Waals surface area contributed by atoms with E-state index in [2.05, 4.69) is 15.4 Å². The van der Waals surface area contributed by atoms with Gasteiger partial charge in [0, 0.05) is 34.9 Å². The number of nitrogens with two attached hydrogens (primary N) is 2. The Hall–Kier alpha value is -4.14. The lowest BCUT2D eigenvalue weighted by atomic mass is 10.1. The predicted octanol–water partition coefficient (Wildman–Crippen LogP) is 1.93. The van der Waals surface area contributed by atoms with Crippen LogP contribution in [0.25, 0.3) is 22.2 Å². The number of aromatic nitrogens is 4. The Kier molecular flexibility index (Phi) is 4.25. The molecule has 0 fully saturated rings.